The minimum atomic E-state index is -0.0382. The fourth-order valence-electron chi connectivity index (χ4n) is 4.17. The first-order chi connectivity index (χ1) is 13.5. The molecule has 1 aliphatic rings. The standard InChI is InChI=1S/C22H36N4O2.HI/c1-6-22(7-2)18(14-19(22)28-9-4)26-21(23-5)25-15-16-10-12-17(13-11-16)20(27)24-8-3;/h10-13,18-19H,6-9,14-15H2,1-5H3,(H,24,27)(H2,23,25,26);1H. The van der Waals surface area contributed by atoms with Crippen molar-refractivity contribution < 1.29 is 9.53 Å². The van der Waals surface area contributed by atoms with Crippen LogP contribution in [-0.2, 0) is 11.3 Å². The number of rotatable bonds is 9. The lowest BCUT2D eigenvalue weighted by molar-refractivity contribution is -0.133. The molecule has 29 heavy (non-hydrogen) atoms. The quantitative estimate of drug-likeness (QED) is 0.266. The van der Waals surface area contributed by atoms with Gasteiger partial charge >= 0.3 is 0 Å². The molecule has 2 rings (SSSR count). The highest BCUT2D eigenvalue weighted by atomic mass is 127. The molecule has 1 amide bonds. The Balaban J connectivity index is 0.00000420. The van der Waals surface area contributed by atoms with E-state index >= 15 is 0 Å². The maximum absolute atomic E-state index is 11.9. The van der Waals surface area contributed by atoms with Crippen molar-refractivity contribution in [2.45, 2.75) is 65.6 Å². The predicted molar refractivity (Wildman–Crippen MR) is 130 cm³/mol. The Morgan fingerprint density at radius 3 is 2.31 bits per heavy atom. The third-order valence-corrected chi connectivity index (χ3v) is 6.02. The molecule has 0 heterocycles. The van der Waals surface area contributed by atoms with Crippen molar-refractivity contribution in [2.75, 3.05) is 20.2 Å². The topological polar surface area (TPSA) is 74.8 Å². The van der Waals surface area contributed by atoms with Gasteiger partial charge in [-0.05, 0) is 50.8 Å². The van der Waals surface area contributed by atoms with Crippen molar-refractivity contribution in [3.8, 4) is 0 Å². The summed E-state index contributed by atoms with van der Waals surface area (Å²) in [4.78, 5) is 16.2. The van der Waals surface area contributed by atoms with Crippen molar-refractivity contribution in [3.63, 3.8) is 0 Å². The van der Waals surface area contributed by atoms with Crippen LogP contribution in [0.1, 0.15) is 62.9 Å². The number of amides is 1. The number of hydrogen-bond donors (Lipinski definition) is 3. The molecule has 7 heteroatoms. The lowest BCUT2D eigenvalue weighted by Crippen LogP contribution is -2.65. The maximum Gasteiger partial charge on any atom is 0.251 e. The summed E-state index contributed by atoms with van der Waals surface area (Å²) >= 11 is 0. The van der Waals surface area contributed by atoms with Crippen molar-refractivity contribution >= 4 is 35.8 Å². The fraction of sp³-hybridized carbons (Fsp3) is 0.636. The van der Waals surface area contributed by atoms with Crippen molar-refractivity contribution in [2.24, 2.45) is 10.4 Å². The third kappa shape index (κ3) is 6.07. The van der Waals surface area contributed by atoms with E-state index in [1.54, 1.807) is 7.05 Å². The minimum absolute atomic E-state index is 0. The van der Waals surface area contributed by atoms with Gasteiger partial charge in [-0.3, -0.25) is 9.79 Å². The van der Waals surface area contributed by atoms with Gasteiger partial charge in [-0.25, -0.2) is 0 Å². The molecule has 3 N–H and O–H groups in total. The fourth-order valence-corrected chi connectivity index (χ4v) is 4.17. The van der Waals surface area contributed by atoms with Crippen LogP contribution in [-0.4, -0.2) is 44.2 Å². The number of carbonyl (C=O) groups is 1. The molecule has 0 aromatic heterocycles. The van der Waals surface area contributed by atoms with Crippen LogP contribution in [0, 0.1) is 5.41 Å². The second-order valence-corrected chi connectivity index (χ2v) is 7.30. The van der Waals surface area contributed by atoms with Crippen molar-refractivity contribution in [1.82, 2.24) is 16.0 Å². The highest BCUT2D eigenvalue weighted by molar-refractivity contribution is 14.0. The van der Waals surface area contributed by atoms with Crippen molar-refractivity contribution in [1.29, 1.82) is 0 Å². The Morgan fingerprint density at radius 2 is 1.79 bits per heavy atom. The summed E-state index contributed by atoms with van der Waals surface area (Å²) in [5.74, 6) is 0.766. The number of nitrogens with zero attached hydrogens (tertiary/aromatic N) is 1. The summed E-state index contributed by atoms with van der Waals surface area (Å²) in [6, 6.07) is 8.03. The Morgan fingerprint density at radius 1 is 1.14 bits per heavy atom. The summed E-state index contributed by atoms with van der Waals surface area (Å²) < 4.78 is 5.97. The second kappa shape index (κ2) is 12.4. The summed E-state index contributed by atoms with van der Waals surface area (Å²) in [6.07, 6.45) is 3.51. The number of halogens is 1. The zero-order chi connectivity index (χ0) is 20.6. The summed E-state index contributed by atoms with van der Waals surface area (Å²) in [5.41, 5.74) is 1.95. The molecule has 2 atom stereocenters. The van der Waals surface area contributed by atoms with E-state index in [9.17, 15) is 4.79 Å². The molecule has 0 aliphatic heterocycles. The van der Waals surface area contributed by atoms with Gasteiger partial charge in [0.05, 0.1) is 6.10 Å². The van der Waals surface area contributed by atoms with E-state index in [-0.39, 0.29) is 35.3 Å². The van der Waals surface area contributed by atoms with Gasteiger partial charge in [-0.15, -0.1) is 24.0 Å². The highest BCUT2D eigenvalue weighted by Gasteiger charge is 2.53. The molecule has 1 fully saturated rings. The highest BCUT2D eigenvalue weighted by Crippen LogP contribution is 2.48. The number of guanidine groups is 1. The average molecular weight is 516 g/mol. The van der Waals surface area contributed by atoms with Crippen LogP contribution in [0.3, 0.4) is 0 Å². The first kappa shape index (κ1) is 25.7. The van der Waals surface area contributed by atoms with Crippen LogP contribution in [0.4, 0.5) is 0 Å². The normalized spacial score (nSPS) is 20.2. The number of nitrogens with one attached hydrogen (secondary N) is 3. The largest absolute Gasteiger partial charge is 0.378 e. The van der Waals surface area contributed by atoms with Gasteiger partial charge in [0.2, 0.25) is 0 Å². The van der Waals surface area contributed by atoms with E-state index < -0.39 is 0 Å². The van der Waals surface area contributed by atoms with Crippen LogP contribution in [0.25, 0.3) is 0 Å². The third-order valence-electron chi connectivity index (χ3n) is 6.02. The molecule has 1 saturated carbocycles. The zero-order valence-electron chi connectivity index (χ0n) is 18.4. The Labute approximate surface area is 192 Å². The second-order valence-electron chi connectivity index (χ2n) is 7.30. The molecule has 0 spiro atoms. The molecule has 1 aromatic carbocycles. The van der Waals surface area contributed by atoms with E-state index in [4.69, 9.17) is 4.74 Å². The van der Waals surface area contributed by atoms with Crippen LogP contribution >= 0.6 is 24.0 Å². The van der Waals surface area contributed by atoms with Crippen LogP contribution in [0.5, 0.6) is 0 Å². The molecular weight excluding hydrogens is 479 g/mol. The van der Waals surface area contributed by atoms with Gasteiger partial charge in [-0.2, -0.15) is 0 Å². The molecule has 2 unspecified atom stereocenters. The van der Waals surface area contributed by atoms with Crippen LogP contribution in [0.2, 0.25) is 0 Å². The van der Waals surface area contributed by atoms with Gasteiger partial charge < -0.3 is 20.7 Å². The Hall–Kier alpha value is -1.35. The van der Waals surface area contributed by atoms with Gasteiger partial charge in [-0.1, -0.05) is 26.0 Å². The van der Waals surface area contributed by atoms with Gasteiger partial charge in [0, 0.05) is 43.8 Å². The van der Waals surface area contributed by atoms with E-state index in [1.807, 2.05) is 31.2 Å². The van der Waals surface area contributed by atoms with Gasteiger partial charge in [0.25, 0.3) is 5.91 Å². The number of aliphatic imine (C=N–C) groups is 1. The number of ether oxygens (including phenoxy) is 1. The first-order valence-electron chi connectivity index (χ1n) is 10.5. The summed E-state index contributed by atoms with van der Waals surface area (Å²) in [6.45, 7) is 10.5. The van der Waals surface area contributed by atoms with E-state index in [2.05, 4.69) is 41.7 Å². The first-order valence-corrected chi connectivity index (χ1v) is 10.5. The summed E-state index contributed by atoms with van der Waals surface area (Å²) in [7, 11) is 1.80. The molecule has 0 saturated heterocycles. The average Bonchev–Trinajstić information content (AvgIpc) is 2.71. The molecule has 164 valence electrons. The molecule has 0 radical (unpaired) electrons. The van der Waals surface area contributed by atoms with Crippen molar-refractivity contribution in [3.05, 3.63) is 35.4 Å². The molecule has 1 aromatic rings. The van der Waals surface area contributed by atoms with Gasteiger partial charge in [0.15, 0.2) is 5.96 Å². The van der Waals surface area contributed by atoms with Gasteiger partial charge in [0.1, 0.15) is 0 Å². The van der Waals surface area contributed by atoms with Crippen LogP contribution in [0.15, 0.2) is 29.3 Å². The SMILES string of the molecule is CCNC(=O)c1ccc(CNC(=NC)NC2CC(OCC)C2(CC)CC)cc1.I. The zero-order valence-corrected chi connectivity index (χ0v) is 20.7. The minimum Gasteiger partial charge on any atom is -0.378 e. The molecular formula is C22H37IN4O2. The maximum atomic E-state index is 11.9. The lowest BCUT2D eigenvalue weighted by Gasteiger charge is -2.55. The predicted octanol–water partition coefficient (Wildman–Crippen LogP) is 3.70. The van der Waals surface area contributed by atoms with E-state index in [0.29, 0.717) is 30.8 Å². The lowest BCUT2D eigenvalue weighted by atomic mass is 9.58. The molecule has 6 nitrogen and oxygen atoms in total. The smallest absolute Gasteiger partial charge is 0.251 e. The van der Waals surface area contributed by atoms with E-state index in [0.717, 1.165) is 37.4 Å². The Bertz CT molecular complexity index is 659. The van der Waals surface area contributed by atoms with E-state index in [1.165, 1.54) is 0 Å². The van der Waals surface area contributed by atoms with Crippen LogP contribution < -0.4 is 16.0 Å². The summed E-state index contributed by atoms with van der Waals surface area (Å²) in [5, 5.41) is 9.80. The number of benzene rings is 1. The monoisotopic (exact) mass is 516 g/mol. The molecule has 0 bridgehead atoms. The number of hydrogen-bond acceptors (Lipinski definition) is 3. The Kier molecular flexibility index (Phi) is 11.0. The number of carbonyl (C=O) groups excluding carboxylic acids is 1. The molecule has 1 aliphatic carbocycles.